The molecule has 0 saturated carbocycles. The number of nitrogens with one attached hydrogen (secondary N) is 1. The highest BCUT2D eigenvalue weighted by Crippen LogP contribution is 2.37. The van der Waals surface area contributed by atoms with Gasteiger partial charge in [0.05, 0.1) is 10.6 Å². The monoisotopic (exact) mass is 378 g/mol. The Balaban J connectivity index is 1.69. The lowest BCUT2D eigenvalue weighted by molar-refractivity contribution is -0.118. The van der Waals surface area contributed by atoms with Gasteiger partial charge in [0.25, 0.3) is 0 Å². The highest BCUT2D eigenvalue weighted by atomic mass is 32.2. The van der Waals surface area contributed by atoms with E-state index in [9.17, 15) is 4.79 Å². The smallest absolute Gasteiger partial charge is 0.230 e. The minimum absolute atomic E-state index is 0.0496. The summed E-state index contributed by atoms with van der Waals surface area (Å²) in [7, 11) is 1.98. The zero-order valence-corrected chi connectivity index (χ0v) is 16.8. The van der Waals surface area contributed by atoms with Gasteiger partial charge >= 0.3 is 0 Å². The third kappa shape index (κ3) is 4.26. The van der Waals surface area contributed by atoms with Gasteiger partial charge in [-0.05, 0) is 43.2 Å². The average molecular weight is 379 g/mol. The molecule has 2 aromatic heterocycles. The van der Waals surface area contributed by atoms with Crippen LogP contribution < -0.4 is 5.32 Å². The molecule has 0 bridgehead atoms. The Morgan fingerprint density at radius 1 is 1.44 bits per heavy atom. The van der Waals surface area contributed by atoms with E-state index in [0.717, 1.165) is 29.9 Å². The van der Waals surface area contributed by atoms with Crippen molar-refractivity contribution in [2.45, 2.75) is 51.1 Å². The Hall–Kier alpha value is -1.34. The molecule has 1 amide bonds. The van der Waals surface area contributed by atoms with Crippen molar-refractivity contribution in [2.75, 3.05) is 12.3 Å². The number of aromatic nitrogens is 3. The summed E-state index contributed by atoms with van der Waals surface area (Å²) in [5.41, 5.74) is 1.49. The van der Waals surface area contributed by atoms with Gasteiger partial charge in [-0.15, -0.1) is 21.5 Å². The van der Waals surface area contributed by atoms with E-state index >= 15 is 0 Å². The van der Waals surface area contributed by atoms with Crippen molar-refractivity contribution in [2.24, 2.45) is 13.0 Å². The predicted molar refractivity (Wildman–Crippen MR) is 104 cm³/mol. The molecule has 136 valence electrons. The number of hydrogen-bond donors (Lipinski definition) is 1. The van der Waals surface area contributed by atoms with E-state index in [2.05, 4.69) is 28.5 Å². The van der Waals surface area contributed by atoms with Crippen molar-refractivity contribution >= 4 is 29.0 Å². The van der Waals surface area contributed by atoms with Gasteiger partial charge in [-0.3, -0.25) is 4.79 Å². The number of hydrogen-bond acceptors (Lipinski definition) is 5. The molecule has 5 nitrogen and oxygen atoms in total. The van der Waals surface area contributed by atoms with Gasteiger partial charge in [0, 0.05) is 18.5 Å². The quantitative estimate of drug-likeness (QED) is 0.747. The molecule has 0 aromatic carbocycles. The molecule has 1 N–H and O–H groups in total. The van der Waals surface area contributed by atoms with Crippen molar-refractivity contribution in [3.63, 3.8) is 0 Å². The van der Waals surface area contributed by atoms with E-state index in [1.807, 2.05) is 29.9 Å². The minimum atomic E-state index is 0.0496. The van der Waals surface area contributed by atoms with Crippen LogP contribution in [0.4, 0.5) is 0 Å². The van der Waals surface area contributed by atoms with Gasteiger partial charge < -0.3 is 9.88 Å². The van der Waals surface area contributed by atoms with Crippen LogP contribution in [0.5, 0.6) is 0 Å². The topological polar surface area (TPSA) is 59.8 Å². The Bertz CT molecular complexity index is 738. The van der Waals surface area contributed by atoms with E-state index < -0.39 is 0 Å². The van der Waals surface area contributed by atoms with Crippen LogP contribution in [0, 0.1) is 5.92 Å². The number of fused-ring (bicyclic) bond motifs is 1. The standard InChI is InChI=1S/C18H26N4OS2/c1-4-8-19-16(23)11-24-18-21-20-17(22(18)3)15-10-13-9-12(5-2)6-7-14(13)25-15/h10,12H,4-9,11H2,1-3H3,(H,19,23)/t12-/m0/s1. The molecule has 7 heteroatoms. The fourth-order valence-corrected chi connectivity index (χ4v) is 5.13. The van der Waals surface area contributed by atoms with Crippen molar-refractivity contribution < 1.29 is 4.79 Å². The van der Waals surface area contributed by atoms with Gasteiger partial charge in [0.2, 0.25) is 5.91 Å². The summed E-state index contributed by atoms with van der Waals surface area (Å²) in [6.07, 6.45) is 5.90. The molecule has 1 aliphatic rings. The lowest BCUT2D eigenvalue weighted by atomic mass is 9.87. The second kappa shape index (κ2) is 8.36. The minimum Gasteiger partial charge on any atom is -0.355 e. The van der Waals surface area contributed by atoms with Gasteiger partial charge in [0.15, 0.2) is 11.0 Å². The zero-order valence-electron chi connectivity index (χ0n) is 15.2. The lowest BCUT2D eigenvalue weighted by Crippen LogP contribution is -2.25. The number of nitrogens with zero attached hydrogens (tertiary/aromatic N) is 3. The number of rotatable bonds is 7. The van der Waals surface area contributed by atoms with E-state index in [1.54, 1.807) is 0 Å². The van der Waals surface area contributed by atoms with Crippen molar-refractivity contribution in [3.8, 4) is 10.7 Å². The number of aryl methyl sites for hydroxylation is 1. The first-order chi connectivity index (χ1) is 12.1. The van der Waals surface area contributed by atoms with Crippen LogP contribution in [0.3, 0.4) is 0 Å². The molecule has 25 heavy (non-hydrogen) atoms. The van der Waals surface area contributed by atoms with Gasteiger partial charge in [-0.1, -0.05) is 32.0 Å². The SMILES string of the molecule is CCCNC(=O)CSc1nnc(-c2cc3c(s2)CC[C@H](CC)C3)n1C. The molecule has 0 radical (unpaired) electrons. The van der Waals surface area contributed by atoms with Crippen LogP contribution in [0.1, 0.15) is 43.6 Å². The fourth-order valence-electron chi connectivity index (χ4n) is 3.16. The summed E-state index contributed by atoms with van der Waals surface area (Å²) in [6.45, 7) is 5.06. The second-order valence-electron chi connectivity index (χ2n) is 6.58. The molecular formula is C18H26N4OS2. The maximum Gasteiger partial charge on any atom is 0.230 e. The van der Waals surface area contributed by atoms with Crippen molar-refractivity contribution in [1.29, 1.82) is 0 Å². The number of carbonyl (C=O) groups excluding carboxylic acids is 1. The second-order valence-corrected chi connectivity index (χ2v) is 8.66. The molecule has 3 rings (SSSR count). The number of thioether (sulfide) groups is 1. The maximum atomic E-state index is 11.8. The number of amides is 1. The Morgan fingerprint density at radius 2 is 2.28 bits per heavy atom. The summed E-state index contributed by atoms with van der Waals surface area (Å²) in [6, 6.07) is 2.30. The maximum absolute atomic E-state index is 11.8. The summed E-state index contributed by atoms with van der Waals surface area (Å²) in [5, 5.41) is 12.3. The fraction of sp³-hybridized carbons (Fsp3) is 0.611. The number of carbonyl (C=O) groups is 1. The molecule has 0 spiro atoms. The van der Waals surface area contributed by atoms with E-state index in [1.165, 1.54) is 52.8 Å². The van der Waals surface area contributed by atoms with Gasteiger partial charge in [-0.2, -0.15) is 0 Å². The van der Waals surface area contributed by atoms with E-state index in [4.69, 9.17) is 0 Å². The summed E-state index contributed by atoms with van der Waals surface area (Å²) in [4.78, 5) is 14.5. The number of thiophene rings is 1. The van der Waals surface area contributed by atoms with Crippen molar-refractivity contribution in [1.82, 2.24) is 20.1 Å². The van der Waals surface area contributed by atoms with Crippen LogP contribution in [0.25, 0.3) is 10.7 Å². The normalized spacial score (nSPS) is 16.7. The van der Waals surface area contributed by atoms with E-state index in [0.29, 0.717) is 5.75 Å². The molecule has 0 aliphatic heterocycles. The lowest BCUT2D eigenvalue weighted by Gasteiger charge is -2.19. The van der Waals surface area contributed by atoms with Gasteiger partial charge in [-0.25, -0.2) is 0 Å². The van der Waals surface area contributed by atoms with Crippen LogP contribution in [-0.2, 0) is 24.7 Å². The Morgan fingerprint density at radius 3 is 3.04 bits per heavy atom. The highest BCUT2D eigenvalue weighted by molar-refractivity contribution is 7.99. The molecule has 1 aliphatic carbocycles. The zero-order chi connectivity index (χ0) is 17.8. The molecule has 1 atom stereocenters. The molecule has 2 heterocycles. The predicted octanol–water partition coefficient (Wildman–Crippen LogP) is 3.68. The molecule has 2 aromatic rings. The molecule has 0 saturated heterocycles. The molecular weight excluding hydrogens is 352 g/mol. The van der Waals surface area contributed by atoms with E-state index in [-0.39, 0.29) is 5.91 Å². The first-order valence-corrected chi connectivity index (χ1v) is 10.8. The average Bonchev–Trinajstić information content (AvgIpc) is 3.20. The van der Waals surface area contributed by atoms with Crippen molar-refractivity contribution in [3.05, 3.63) is 16.5 Å². The molecule has 0 fully saturated rings. The van der Waals surface area contributed by atoms with Crippen LogP contribution in [0.2, 0.25) is 0 Å². The Labute approximate surface area is 157 Å². The largest absolute Gasteiger partial charge is 0.355 e. The first-order valence-electron chi connectivity index (χ1n) is 9.03. The highest BCUT2D eigenvalue weighted by Gasteiger charge is 2.22. The van der Waals surface area contributed by atoms with Crippen LogP contribution in [0.15, 0.2) is 11.2 Å². The van der Waals surface area contributed by atoms with Crippen LogP contribution in [-0.4, -0.2) is 33.0 Å². The summed E-state index contributed by atoms with van der Waals surface area (Å²) in [5.74, 6) is 2.16. The molecule has 0 unspecified atom stereocenters. The Kier molecular flexibility index (Phi) is 6.17. The summed E-state index contributed by atoms with van der Waals surface area (Å²) < 4.78 is 2.01. The summed E-state index contributed by atoms with van der Waals surface area (Å²) >= 11 is 3.29. The third-order valence-electron chi connectivity index (χ3n) is 4.72. The first kappa shape index (κ1) is 18.5. The van der Waals surface area contributed by atoms with Crippen LogP contribution >= 0.6 is 23.1 Å². The third-order valence-corrected chi connectivity index (χ3v) is 6.98. The van der Waals surface area contributed by atoms with Gasteiger partial charge in [0.1, 0.15) is 0 Å².